The summed E-state index contributed by atoms with van der Waals surface area (Å²) in [6, 6.07) is 21.0. The molecule has 1 aromatic heterocycles. The molecule has 0 fully saturated rings. The lowest BCUT2D eigenvalue weighted by atomic mass is 9.91. The van der Waals surface area contributed by atoms with E-state index in [1.807, 2.05) is 63.2 Å². The minimum absolute atomic E-state index is 0.0659. The summed E-state index contributed by atoms with van der Waals surface area (Å²) < 4.78 is 36.1. The molecule has 2 N–H and O–H groups in total. The smallest absolute Gasteiger partial charge is 0.264 e. The van der Waals surface area contributed by atoms with Gasteiger partial charge >= 0.3 is 0 Å². The fraction of sp³-hybridized carbons (Fsp3) is 0.281. The van der Waals surface area contributed by atoms with Gasteiger partial charge in [-0.25, -0.2) is 18.1 Å². The molecule has 0 saturated carbocycles. The number of nitrogens with zero attached hydrogens (tertiary/aromatic N) is 2. The van der Waals surface area contributed by atoms with Crippen LogP contribution in [0.5, 0.6) is 5.88 Å². The molecule has 2 atom stereocenters. The van der Waals surface area contributed by atoms with E-state index < -0.39 is 22.2 Å². The van der Waals surface area contributed by atoms with E-state index in [4.69, 9.17) is 4.74 Å². The third-order valence-electron chi connectivity index (χ3n) is 7.22. The average molecular weight is 571 g/mol. The first-order valence-corrected chi connectivity index (χ1v) is 15.1. The lowest BCUT2D eigenvalue weighted by molar-refractivity contribution is 0.0840. The summed E-state index contributed by atoms with van der Waals surface area (Å²) in [6.45, 7) is 10.1. The Balaban J connectivity index is 1.76. The number of hydrogen-bond acceptors (Lipinski definition) is 6. The van der Waals surface area contributed by atoms with Crippen molar-refractivity contribution in [1.29, 1.82) is 0 Å². The van der Waals surface area contributed by atoms with Gasteiger partial charge in [-0.1, -0.05) is 62.4 Å². The fourth-order valence-electron chi connectivity index (χ4n) is 5.28. The van der Waals surface area contributed by atoms with Crippen molar-refractivity contribution in [3.8, 4) is 17.1 Å². The number of nitrogens with one attached hydrogen (secondary N) is 2. The first-order chi connectivity index (χ1) is 19.5. The quantitative estimate of drug-likeness (QED) is 0.305. The van der Waals surface area contributed by atoms with Gasteiger partial charge in [-0.3, -0.25) is 4.79 Å². The van der Waals surface area contributed by atoms with Crippen molar-refractivity contribution >= 4 is 21.9 Å². The third-order valence-corrected chi connectivity index (χ3v) is 8.55. The highest BCUT2D eigenvalue weighted by Gasteiger charge is 2.31. The molecule has 4 aromatic rings. The van der Waals surface area contributed by atoms with Crippen molar-refractivity contribution in [3.05, 3.63) is 101 Å². The lowest BCUT2D eigenvalue weighted by Gasteiger charge is -2.31. The molecular weight excluding hydrogens is 536 g/mol. The standard InChI is InChI=1S/C32H34N4O4S/c1-19(2)16-27-30(25-15-7-6-10-20(25)3)40-28-18-26(29-21(4)11-8-12-22(29)5)34-32(35-28)36-41(38,39)24-14-9-13-23(17-24)31(37)33-27/h6-15,17-19,27,30H,16H2,1-5H3,(H,33,37)(H,34,35,36)/t27-,30+/m1/s1. The second kappa shape index (κ2) is 11.3. The van der Waals surface area contributed by atoms with Crippen LogP contribution in [0, 0.1) is 26.7 Å². The summed E-state index contributed by atoms with van der Waals surface area (Å²) in [6.07, 6.45) is -0.000434. The van der Waals surface area contributed by atoms with Crippen LogP contribution in [0.3, 0.4) is 0 Å². The summed E-state index contributed by atoms with van der Waals surface area (Å²) in [5, 5.41) is 3.15. The first kappa shape index (κ1) is 28.3. The predicted molar refractivity (Wildman–Crippen MR) is 159 cm³/mol. The minimum atomic E-state index is -4.12. The van der Waals surface area contributed by atoms with Crippen LogP contribution in [0.15, 0.2) is 77.7 Å². The van der Waals surface area contributed by atoms with Crippen LogP contribution < -0.4 is 14.8 Å². The zero-order chi connectivity index (χ0) is 29.3. The van der Waals surface area contributed by atoms with Gasteiger partial charge in [-0.05, 0) is 73.6 Å². The van der Waals surface area contributed by atoms with E-state index in [1.54, 1.807) is 18.2 Å². The van der Waals surface area contributed by atoms with Gasteiger partial charge in [0.25, 0.3) is 15.9 Å². The zero-order valence-corrected chi connectivity index (χ0v) is 24.6. The van der Waals surface area contributed by atoms with E-state index in [1.165, 1.54) is 12.1 Å². The van der Waals surface area contributed by atoms with Crippen molar-refractivity contribution < 1.29 is 17.9 Å². The largest absolute Gasteiger partial charge is 0.467 e. The molecule has 212 valence electrons. The van der Waals surface area contributed by atoms with Crippen LogP contribution in [-0.2, 0) is 10.0 Å². The molecule has 41 heavy (non-hydrogen) atoms. The van der Waals surface area contributed by atoms with Crippen molar-refractivity contribution in [3.63, 3.8) is 0 Å². The Morgan fingerprint density at radius 3 is 2.27 bits per heavy atom. The lowest BCUT2D eigenvalue weighted by Crippen LogP contribution is -2.42. The number of benzene rings is 3. The highest BCUT2D eigenvalue weighted by atomic mass is 32.2. The molecule has 1 amide bonds. The van der Waals surface area contributed by atoms with Gasteiger partial charge in [0, 0.05) is 17.2 Å². The molecule has 3 aromatic carbocycles. The molecular formula is C32H34N4O4S. The van der Waals surface area contributed by atoms with Gasteiger partial charge in [0.1, 0.15) is 6.10 Å². The molecule has 8 nitrogen and oxygen atoms in total. The number of rotatable bonds is 4. The van der Waals surface area contributed by atoms with Gasteiger partial charge in [0.2, 0.25) is 11.8 Å². The summed E-state index contributed by atoms with van der Waals surface area (Å²) >= 11 is 0. The Morgan fingerprint density at radius 2 is 1.56 bits per heavy atom. The maximum absolute atomic E-state index is 13.5. The monoisotopic (exact) mass is 570 g/mol. The van der Waals surface area contributed by atoms with E-state index in [2.05, 4.69) is 33.9 Å². The van der Waals surface area contributed by atoms with Gasteiger partial charge in [-0.15, -0.1) is 0 Å². The second-order valence-electron chi connectivity index (χ2n) is 10.9. The normalized spacial score (nSPS) is 18.2. The molecule has 0 spiro atoms. The number of anilines is 1. The fourth-order valence-corrected chi connectivity index (χ4v) is 6.27. The van der Waals surface area contributed by atoms with E-state index >= 15 is 0 Å². The van der Waals surface area contributed by atoms with Crippen LogP contribution in [-0.4, -0.2) is 30.3 Å². The summed E-state index contributed by atoms with van der Waals surface area (Å²) in [5.74, 6) is -0.0839. The Kier molecular flexibility index (Phi) is 7.82. The van der Waals surface area contributed by atoms with Crippen LogP contribution in [0.4, 0.5) is 5.95 Å². The third kappa shape index (κ3) is 6.10. The maximum Gasteiger partial charge on any atom is 0.264 e. The molecule has 1 aliphatic rings. The van der Waals surface area contributed by atoms with Crippen LogP contribution >= 0.6 is 0 Å². The molecule has 0 aliphatic carbocycles. The second-order valence-corrected chi connectivity index (χ2v) is 12.6. The average Bonchev–Trinajstić information content (AvgIpc) is 2.91. The highest BCUT2D eigenvalue weighted by Crippen LogP contribution is 2.34. The molecule has 1 aliphatic heterocycles. The Bertz CT molecular complexity index is 1700. The predicted octanol–water partition coefficient (Wildman–Crippen LogP) is 6.15. The number of ether oxygens (including phenoxy) is 1. The molecule has 9 heteroatoms. The molecule has 0 saturated heterocycles. The first-order valence-electron chi connectivity index (χ1n) is 13.6. The number of hydrogen-bond donors (Lipinski definition) is 2. The molecule has 4 bridgehead atoms. The maximum atomic E-state index is 13.5. The van der Waals surface area contributed by atoms with Gasteiger partial charge in [-0.2, -0.15) is 4.98 Å². The number of sulfonamides is 1. The van der Waals surface area contributed by atoms with E-state index in [-0.39, 0.29) is 34.1 Å². The Hall–Kier alpha value is -4.24. The van der Waals surface area contributed by atoms with E-state index in [0.29, 0.717) is 12.1 Å². The summed E-state index contributed by atoms with van der Waals surface area (Å²) in [5.41, 5.74) is 5.48. The Labute approximate surface area is 241 Å². The van der Waals surface area contributed by atoms with Crippen molar-refractivity contribution in [2.24, 2.45) is 5.92 Å². The van der Waals surface area contributed by atoms with Gasteiger partial charge < -0.3 is 10.1 Å². The van der Waals surface area contributed by atoms with Crippen molar-refractivity contribution in [1.82, 2.24) is 15.3 Å². The topological polar surface area (TPSA) is 110 Å². The van der Waals surface area contributed by atoms with E-state index in [9.17, 15) is 13.2 Å². The number of fused-ring (bicyclic) bond motifs is 4. The number of carbonyl (C=O) groups excluding carboxylic acids is 1. The summed E-state index contributed by atoms with van der Waals surface area (Å²) in [4.78, 5) is 22.6. The highest BCUT2D eigenvalue weighted by molar-refractivity contribution is 7.92. The number of amides is 1. The van der Waals surface area contributed by atoms with Crippen molar-refractivity contribution in [2.75, 3.05) is 4.72 Å². The molecule has 2 heterocycles. The van der Waals surface area contributed by atoms with Gasteiger partial charge in [0.15, 0.2) is 0 Å². The number of carbonyl (C=O) groups is 1. The molecule has 0 radical (unpaired) electrons. The molecule has 5 rings (SSSR count). The van der Waals surface area contributed by atoms with Crippen molar-refractivity contribution in [2.45, 2.75) is 58.1 Å². The van der Waals surface area contributed by atoms with Crippen LogP contribution in [0.2, 0.25) is 0 Å². The van der Waals surface area contributed by atoms with E-state index in [0.717, 1.165) is 27.8 Å². The zero-order valence-electron chi connectivity index (χ0n) is 23.8. The molecule has 0 unspecified atom stereocenters. The van der Waals surface area contributed by atoms with Crippen LogP contribution in [0.1, 0.15) is 59.0 Å². The Morgan fingerprint density at radius 1 is 0.878 bits per heavy atom. The number of aromatic nitrogens is 2. The van der Waals surface area contributed by atoms with Gasteiger partial charge in [0.05, 0.1) is 16.6 Å². The van der Waals surface area contributed by atoms with Crippen LogP contribution in [0.25, 0.3) is 11.3 Å². The SMILES string of the molecule is Cc1ccccc1[C@@H]1Oc2cc(-c3c(C)cccc3C)nc(n2)NS(=O)(=O)c2cccc(c2)C(=O)N[C@@H]1CC(C)C. The summed E-state index contributed by atoms with van der Waals surface area (Å²) in [7, 11) is -4.12. The minimum Gasteiger partial charge on any atom is -0.467 e. The number of aryl methyl sites for hydroxylation is 3.